The van der Waals surface area contributed by atoms with E-state index in [1.54, 1.807) is 18.6 Å². The van der Waals surface area contributed by atoms with Crippen molar-refractivity contribution >= 4 is 11.6 Å². The molecule has 0 aliphatic carbocycles. The standard InChI is InChI=1S/C13H11N5/c1-2-4-12(5-3-1)18-7-6-16-13(18)17-11-8-14-10-15-9-11/h1-10H,(H,16,17). The van der Waals surface area contributed by atoms with Gasteiger partial charge < -0.3 is 5.32 Å². The van der Waals surface area contributed by atoms with Gasteiger partial charge in [-0.15, -0.1) is 0 Å². The molecule has 0 spiro atoms. The number of imidazole rings is 1. The molecule has 18 heavy (non-hydrogen) atoms. The molecule has 0 saturated heterocycles. The van der Waals surface area contributed by atoms with Crippen molar-refractivity contribution in [2.24, 2.45) is 0 Å². The minimum Gasteiger partial charge on any atom is -0.323 e. The summed E-state index contributed by atoms with van der Waals surface area (Å²) in [6.07, 6.45) is 8.56. The molecule has 0 radical (unpaired) electrons. The number of hydrogen-bond donors (Lipinski definition) is 1. The molecule has 0 fully saturated rings. The number of anilines is 2. The Kier molecular flexibility index (Phi) is 2.71. The number of hydrogen-bond acceptors (Lipinski definition) is 4. The summed E-state index contributed by atoms with van der Waals surface area (Å²) in [5.74, 6) is 0.732. The molecule has 88 valence electrons. The molecule has 5 heteroatoms. The van der Waals surface area contributed by atoms with Crippen molar-refractivity contribution < 1.29 is 0 Å². The van der Waals surface area contributed by atoms with Crippen molar-refractivity contribution in [2.75, 3.05) is 5.32 Å². The summed E-state index contributed by atoms with van der Waals surface area (Å²) in [6.45, 7) is 0. The lowest BCUT2D eigenvalue weighted by atomic mass is 10.3. The largest absolute Gasteiger partial charge is 0.323 e. The summed E-state index contributed by atoms with van der Waals surface area (Å²) in [5, 5.41) is 3.18. The third-order valence-electron chi connectivity index (χ3n) is 2.49. The third-order valence-corrected chi connectivity index (χ3v) is 2.49. The molecule has 2 heterocycles. The highest BCUT2D eigenvalue weighted by molar-refractivity contribution is 5.53. The van der Waals surface area contributed by atoms with Crippen LogP contribution in [0.15, 0.2) is 61.4 Å². The molecule has 5 nitrogen and oxygen atoms in total. The van der Waals surface area contributed by atoms with Crippen molar-refractivity contribution in [3.63, 3.8) is 0 Å². The Bertz CT molecular complexity index is 618. The average Bonchev–Trinajstić information content (AvgIpc) is 2.89. The average molecular weight is 237 g/mol. The Morgan fingerprint density at radius 1 is 1.00 bits per heavy atom. The van der Waals surface area contributed by atoms with Gasteiger partial charge in [-0.1, -0.05) is 18.2 Å². The van der Waals surface area contributed by atoms with Crippen molar-refractivity contribution in [1.29, 1.82) is 0 Å². The zero-order valence-electron chi connectivity index (χ0n) is 9.56. The van der Waals surface area contributed by atoms with Crippen LogP contribution in [-0.4, -0.2) is 19.5 Å². The second-order valence-corrected chi connectivity index (χ2v) is 3.71. The first-order valence-electron chi connectivity index (χ1n) is 5.54. The Balaban J connectivity index is 1.93. The molecule has 0 aliphatic rings. The monoisotopic (exact) mass is 237 g/mol. The first-order chi connectivity index (χ1) is 8.93. The van der Waals surface area contributed by atoms with Crippen LogP contribution in [-0.2, 0) is 0 Å². The second kappa shape index (κ2) is 4.67. The molecule has 0 saturated carbocycles. The van der Waals surface area contributed by atoms with Gasteiger partial charge in [0.05, 0.1) is 18.1 Å². The van der Waals surface area contributed by atoms with Crippen LogP contribution < -0.4 is 5.32 Å². The van der Waals surface area contributed by atoms with Crippen LogP contribution in [0.2, 0.25) is 0 Å². The lowest BCUT2D eigenvalue weighted by Crippen LogP contribution is -2.01. The summed E-state index contributed by atoms with van der Waals surface area (Å²) >= 11 is 0. The minimum absolute atomic E-state index is 0.732. The first-order valence-corrected chi connectivity index (χ1v) is 5.54. The smallest absolute Gasteiger partial charge is 0.212 e. The highest BCUT2D eigenvalue weighted by atomic mass is 15.2. The predicted octanol–water partition coefficient (Wildman–Crippen LogP) is 2.41. The van der Waals surface area contributed by atoms with Crippen LogP contribution in [0.3, 0.4) is 0 Å². The van der Waals surface area contributed by atoms with E-state index in [-0.39, 0.29) is 0 Å². The third kappa shape index (κ3) is 2.06. The van der Waals surface area contributed by atoms with E-state index in [1.807, 2.05) is 41.1 Å². The van der Waals surface area contributed by atoms with Gasteiger partial charge in [0, 0.05) is 18.1 Å². The van der Waals surface area contributed by atoms with Crippen molar-refractivity contribution in [1.82, 2.24) is 19.5 Å². The lowest BCUT2D eigenvalue weighted by molar-refractivity contribution is 1.06. The van der Waals surface area contributed by atoms with E-state index in [0.29, 0.717) is 0 Å². The van der Waals surface area contributed by atoms with Gasteiger partial charge in [0.1, 0.15) is 6.33 Å². The summed E-state index contributed by atoms with van der Waals surface area (Å²) in [5.41, 5.74) is 1.86. The van der Waals surface area contributed by atoms with E-state index in [2.05, 4.69) is 20.3 Å². The molecule has 0 bridgehead atoms. The Labute approximate surface area is 104 Å². The van der Waals surface area contributed by atoms with Gasteiger partial charge in [0.2, 0.25) is 5.95 Å². The van der Waals surface area contributed by atoms with Crippen LogP contribution in [0, 0.1) is 0 Å². The zero-order valence-corrected chi connectivity index (χ0v) is 9.56. The van der Waals surface area contributed by atoms with E-state index in [4.69, 9.17) is 0 Å². The fourth-order valence-electron chi connectivity index (χ4n) is 1.69. The molecule has 0 amide bonds. The highest BCUT2D eigenvalue weighted by Crippen LogP contribution is 2.17. The summed E-state index contributed by atoms with van der Waals surface area (Å²) in [7, 11) is 0. The van der Waals surface area contributed by atoms with Crippen molar-refractivity contribution in [2.45, 2.75) is 0 Å². The van der Waals surface area contributed by atoms with Gasteiger partial charge in [0.15, 0.2) is 0 Å². The minimum atomic E-state index is 0.732. The summed E-state index contributed by atoms with van der Waals surface area (Å²) in [4.78, 5) is 12.2. The van der Waals surface area contributed by atoms with E-state index in [9.17, 15) is 0 Å². The SMILES string of the molecule is c1ccc(-n2ccnc2Nc2cncnc2)cc1. The summed E-state index contributed by atoms with van der Waals surface area (Å²) < 4.78 is 1.97. The normalized spacial score (nSPS) is 10.2. The van der Waals surface area contributed by atoms with E-state index >= 15 is 0 Å². The van der Waals surface area contributed by atoms with Crippen LogP contribution in [0.25, 0.3) is 5.69 Å². The Morgan fingerprint density at radius 2 is 1.78 bits per heavy atom. The van der Waals surface area contributed by atoms with Gasteiger partial charge in [0.25, 0.3) is 0 Å². The second-order valence-electron chi connectivity index (χ2n) is 3.71. The van der Waals surface area contributed by atoms with Gasteiger partial charge in [-0.3, -0.25) is 4.57 Å². The number of aromatic nitrogens is 4. The molecular formula is C13H11N5. The molecular weight excluding hydrogens is 226 g/mol. The van der Waals surface area contributed by atoms with Crippen LogP contribution in [0.5, 0.6) is 0 Å². The first kappa shape index (κ1) is 10.5. The van der Waals surface area contributed by atoms with E-state index < -0.39 is 0 Å². The molecule has 3 aromatic rings. The van der Waals surface area contributed by atoms with Gasteiger partial charge in [-0.05, 0) is 12.1 Å². The Hall–Kier alpha value is -2.69. The topological polar surface area (TPSA) is 55.6 Å². The number of nitrogens with zero attached hydrogens (tertiary/aromatic N) is 4. The molecule has 2 aromatic heterocycles. The molecule has 3 rings (SSSR count). The maximum Gasteiger partial charge on any atom is 0.212 e. The van der Waals surface area contributed by atoms with Crippen LogP contribution >= 0.6 is 0 Å². The van der Waals surface area contributed by atoms with Gasteiger partial charge in [-0.2, -0.15) is 0 Å². The fourth-order valence-corrected chi connectivity index (χ4v) is 1.69. The zero-order chi connectivity index (χ0) is 12.2. The lowest BCUT2D eigenvalue weighted by Gasteiger charge is -2.08. The van der Waals surface area contributed by atoms with E-state index in [1.165, 1.54) is 6.33 Å². The Morgan fingerprint density at radius 3 is 2.56 bits per heavy atom. The molecule has 0 unspecified atom stereocenters. The highest BCUT2D eigenvalue weighted by Gasteiger charge is 2.04. The summed E-state index contributed by atoms with van der Waals surface area (Å²) in [6, 6.07) is 10.0. The van der Waals surface area contributed by atoms with Gasteiger partial charge >= 0.3 is 0 Å². The molecule has 0 atom stereocenters. The maximum atomic E-state index is 4.28. The number of nitrogens with one attached hydrogen (secondary N) is 1. The molecule has 1 aromatic carbocycles. The van der Waals surface area contributed by atoms with Crippen molar-refractivity contribution in [3.8, 4) is 5.69 Å². The van der Waals surface area contributed by atoms with Gasteiger partial charge in [-0.25, -0.2) is 15.0 Å². The molecule has 0 aliphatic heterocycles. The quantitative estimate of drug-likeness (QED) is 0.760. The fraction of sp³-hybridized carbons (Fsp3) is 0. The molecule has 1 N–H and O–H groups in total. The van der Waals surface area contributed by atoms with Crippen LogP contribution in [0.1, 0.15) is 0 Å². The van der Waals surface area contributed by atoms with Crippen LogP contribution in [0.4, 0.5) is 11.6 Å². The van der Waals surface area contributed by atoms with E-state index in [0.717, 1.165) is 17.3 Å². The predicted molar refractivity (Wildman–Crippen MR) is 68.9 cm³/mol. The number of rotatable bonds is 3. The maximum absolute atomic E-state index is 4.28. The number of para-hydroxylation sites is 1. The number of benzene rings is 1. The van der Waals surface area contributed by atoms with Crippen molar-refractivity contribution in [3.05, 3.63) is 61.4 Å².